The fraction of sp³-hybridized carbons (Fsp3) is 0. The van der Waals surface area contributed by atoms with Crippen molar-refractivity contribution in [3.63, 3.8) is 0 Å². The number of fused-ring (bicyclic) bond motifs is 2. The van der Waals surface area contributed by atoms with E-state index in [1.165, 1.54) is 24.3 Å². The first-order valence-electron chi connectivity index (χ1n) is 4.96. The molecule has 2 aromatic carbocycles. The molecule has 3 rings (SSSR count). The predicted octanol–water partition coefficient (Wildman–Crippen LogP) is 2.76. The van der Waals surface area contributed by atoms with Gasteiger partial charge in [-0.2, -0.15) is 0 Å². The summed E-state index contributed by atoms with van der Waals surface area (Å²) in [6, 6.07) is 8.69. The Kier molecular flexibility index (Phi) is 2.16. The quantitative estimate of drug-likeness (QED) is 0.602. The summed E-state index contributed by atoms with van der Waals surface area (Å²) in [6.07, 6.45) is 0. The number of anilines is 2. The van der Waals surface area contributed by atoms with E-state index in [0.29, 0.717) is 21.2 Å². The molecule has 1 unspecified atom stereocenters. The maximum atomic E-state index is 13.1. The third kappa shape index (κ3) is 1.59. The number of phenols is 1. The Hall–Kier alpha value is -1.88. The van der Waals surface area contributed by atoms with Gasteiger partial charge in [-0.3, -0.25) is 0 Å². The molecule has 0 radical (unpaired) electrons. The Bertz CT molecular complexity index is 589. The monoisotopic (exact) mass is 249 g/mol. The molecule has 1 heterocycles. The third-order valence-corrected chi connectivity index (χ3v) is 4.05. The van der Waals surface area contributed by atoms with E-state index in [9.17, 15) is 13.7 Å². The molecule has 2 N–H and O–H groups in total. The van der Waals surface area contributed by atoms with Crippen molar-refractivity contribution in [1.29, 1.82) is 0 Å². The summed E-state index contributed by atoms with van der Waals surface area (Å²) in [5, 5.41) is 12.4. The van der Waals surface area contributed by atoms with Crippen molar-refractivity contribution in [2.75, 3.05) is 5.32 Å². The van der Waals surface area contributed by atoms with Crippen LogP contribution in [0.4, 0.5) is 15.8 Å². The topological polar surface area (TPSA) is 49.3 Å². The van der Waals surface area contributed by atoms with Crippen LogP contribution in [0.25, 0.3) is 0 Å². The van der Waals surface area contributed by atoms with Gasteiger partial charge in [0.15, 0.2) is 0 Å². The second-order valence-electron chi connectivity index (χ2n) is 3.71. The predicted molar refractivity (Wildman–Crippen MR) is 62.5 cm³/mol. The van der Waals surface area contributed by atoms with Crippen LogP contribution in [-0.2, 0) is 10.8 Å². The molecule has 0 fully saturated rings. The number of nitrogens with one attached hydrogen (secondary N) is 1. The molecular formula is C12H8FNO2S. The third-order valence-electron chi connectivity index (χ3n) is 2.58. The number of halogens is 1. The summed E-state index contributed by atoms with van der Waals surface area (Å²) in [4.78, 5) is 0.853. The number of rotatable bonds is 0. The average Bonchev–Trinajstić information content (AvgIpc) is 2.32. The average molecular weight is 249 g/mol. The minimum absolute atomic E-state index is 0.0405. The lowest BCUT2D eigenvalue weighted by Crippen LogP contribution is -2.08. The molecule has 0 amide bonds. The van der Waals surface area contributed by atoms with E-state index < -0.39 is 16.6 Å². The van der Waals surface area contributed by atoms with Crippen LogP contribution in [0, 0.1) is 5.82 Å². The maximum absolute atomic E-state index is 13.1. The van der Waals surface area contributed by atoms with E-state index >= 15 is 0 Å². The van der Waals surface area contributed by atoms with Crippen LogP contribution in [0.1, 0.15) is 0 Å². The minimum atomic E-state index is -1.47. The van der Waals surface area contributed by atoms with Crippen LogP contribution in [0.5, 0.6) is 5.75 Å². The molecule has 1 aliphatic rings. The number of aromatic hydroxyl groups is 1. The molecule has 0 aromatic heterocycles. The molecule has 0 spiro atoms. The molecule has 5 heteroatoms. The zero-order chi connectivity index (χ0) is 12.0. The van der Waals surface area contributed by atoms with E-state index in [1.54, 1.807) is 12.1 Å². The van der Waals surface area contributed by atoms with Crippen LogP contribution in [-0.4, -0.2) is 9.32 Å². The number of benzene rings is 2. The van der Waals surface area contributed by atoms with Crippen LogP contribution in [0.15, 0.2) is 46.2 Å². The van der Waals surface area contributed by atoms with Crippen molar-refractivity contribution in [3.05, 3.63) is 42.2 Å². The van der Waals surface area contributed by atoms with Gasteiger partial charge in [-0.05, 0) is 36.4 Å². The van der Waals surface area contributed by atoms with Gasteiger partial charge in [0.1, 0.15) is 11.6 Å². The van der Waals surface area contributed by atoms with Crippen LogP contribution < -0.4 is 5.32 Å². The molecule has 0 saturated heterocycles. The first-order valence-corrected chi connectivity index (χ1v) is 6.11. The Labute approximate surface area is 99.4 Å². The van der Waals surface area contributed by atoms with Crippen molar-refractivity contribution in [2.45, 2.75) is 9.79 Å². The standard InChI is InChI=1S/C12H8FNO2S/c13-7-1-3-9-11(5-7)17(16)12-6-8(15)2-4-10(12)14-9/h1-6,14-15H. The zero-order valence-corrected chi connectivity index (χ0v) is 9.42. The normalized spacial score (nSPS) is 16.9. The molecule has 0 aliphatic carbocycles. The van der Waals surface area contributed by atoms with E-state index in [2.05, 4.69) is 5.32 Å². The Morgan fingerprint density at radius 2 is 1.71 bits per heavy atom. The van der Waals surface area contributed by atoms with E-state index in [1.807, 2.05) is 0 Å². The van der Waals surface area contributed by atoms with Gasteiger partial charge in [-0.1, -0.05) is 0 Å². The molecule has 17 heavy (non-hydrogen) atoms. The zero-order valence-electron chi connectivity index (χ0n) is 8.61. The first kappa shape index (κ1) is 10.3. The molecule has 0 saturated carbocycles. The highest BCUT2D eigenvalue weighted by molar-refractivity contribution is 7.85. The summed E-state index contributed by atoms with van der Waals surface area (Å²) < 4.78 is 25.3. The number of hydrogen-bond donors (Lipinski definition) is 2. The Balaban J connectivity index is 2.21. The molecule has 2 aromatic rings. The highest BCUT2D eigenvalue weighted by Gasteiger charge is 2.22. The second kappa shape index (κ2) is 3.56. The van der Waals surface area contributed by atoms with Gasteiger partial charge < -0.3 is 10.4 Å². The Morgan fingerprint density at radius 1 is 1.06 bits per heavy atom. The van der Waals surface area contributed by atoms with Crippen LogP contribution in [0.3, 0.4) is 0 Å². The van der Waals surface area contributed by atoms with Gasteiger partial charge in [0.2, 0.25) is 0 Å². The van der Waals surface area contributed by atoms with Crippen molar-refractivity contribution < 1.29 is 13.7 Å². The number of phenolic OH excluding ortho intramolecular Hbond substituents is 1. The fourth-order valence-electron chi connectivity index (χ4n) is 1.78. The van der Waals surface area contributed by atoms with Crippen LogP contribution in [0.2, 0.25) is 0 Å². The van der Waals surface area contributed by atoms with Gasteiger partial charge in [-0.25, -0.2) is 8.60 Å². The first-order chi connectivity index (χ1) is 8.15. The molecule has 1 aliphatic heterocycles. The van der Waals surface area contributed by atoms with Crippen molar-refractivity contribution in [2.24, 2.45) is 0 Å². The van der Waals surface area contributed by atoms with Crippen molar-refractivity contribution in [3.8, 4) is 5.75 Å². The second-order valence-corrected chi connectivity index (χ2v) is 5.13. The van der Waals surface area contributed by atoms with Crippen molar-refractivity contribution >= 4 is 22.2 Å². The molecule has 3 nitrogen and oxygen atoms in total. The smallest absolute Gasteiger partial charge is 0.124 e. The lowest BCUT2D eigenvalue weighted by atomic mass is 10.2. The molecule has 86 valence electrons. The van der Waals surface area contributed by atoms with Gasteiger partial charge >= 0.3 is 0 Å². The Morgan fingerprint density at radius 3 is 2.47 bits per heavy atom. The van der Waals surface area contributed by atoms with E-state index in [0.717, 1.165) is 0 Å². The van der Waals surface area contributed by atoms with Gasteiger partial charge in [0.25, 0.3) is 0 Å². The maximum Gasteiger partial charge on any atom is 0.124 e. The molecule has 0 bridgehead atoms. The lowest BCUT2D eigenvalue weighted by molar-refractivity contribution is 0.473. The number of hydrogen-bond acceptors (Lipinski definition) is 3. The van der Waals surface area contributed by atoms with Gasteiger partial charge in [0.05, 0.1) is 32.0 Å². The summed E-state index contributed by atoms with van der Waals surface area (Å²) in [7, 11) is -1.47. The molecular weight excluding hydrogens is 241 g/mol. The highest BCUT2D eigenvalue weighted by Crippen LogP contribution is 2.38. The minimum Gasteiger partial charge on any atom is -0.508 e. The fourth-order valence-corrected chi connectivity index (χ4v) is 3.11. The van der Waals surface area contributed by atoms with E-state index in [-0.39, 0.29) is 5.75 Å². The summed E-state index contributed by atoms with van der Waals surface area (Å²) in [5.41, 5.74) is 1.29. The summed E-state index contributed by atoms with van der Waals surface area (Å²) in [5.74, 6) is -0.388. The van der Waals surface area contributed by atoms with Crippen molar-refractivity contribution in [1.82, 2.24) is 0 Å². The summed E-state index contributed by atoms with van der Waals surface area (Å²) in [6.45, 7) is 0. The molecule has 1 atom stereocenters. The largest absolute Gasteiger partial charge is 0.508 e. The SMILES string of the molecule is O=S1c2cc(O)ccc2Nc2ccc(F)cc21. The highest BCUT2D eigenvalue weighted by atomic mass is 32.2. The van der Waals surface area contributed by atoms with Crippen LogP contribution >= 0.6 is 0 Å². The van der Waals surface area contributed by atoms with E-state index in [4.69, 9.17) is 0 Å². The lowest BCUT2D eigenvalue weighted by Gasteiger charge is -2.20. The summed E-state index contributed by atoms with van der Waals surface area (Å²) >= 11 is 0. The van der Waals surface area contributed by atoms with Gasteiger partial charge in [-0.15, -0.1) is 0 Å². The van der Waals surface area contributed by atoms with Gasteiger partial charge in [0, 0.05) is 0 Å².